The highest BCUT2D eigenvalue weighted by molar-refractivity contribution is 5.78. The fraction of sp³-hybridized carbons (Fsp3) is 0.900. The Morgan fingerprint density at radius 1 is 1.25 bits per heavy atom. The predicted molar refractivity (Wildman–Crippen MR) is 51.9 cm³/mol. The highest BCUT2D eigenvalue weighted by Crippen LogP contribution is 2.11. The van der Waals surface area contributed by atoms with Crippen molar-refractivity contribution in [2.45, 2.75) is 40.5 Å². The van der Waals surface area contributed by atoms with E-state index < -0.39 is 0 Å². The first kappa shape index (κ1) is 11.5. The smallest absolute Gasteiger partial charge is 0.222 e. The van der Waals surface area contributed by atoms with E-state index in [9.17, 15) is 4.79 Å². The summed E-state index contributed by atoms with van der Waals surface area (Å²) >= 11 is 0. The minimum absolute atomic E-state index is 0.173. The third-order valence-corrected chi connectivity index (χ3v) is 1.98. The third kappa shape index (κ3) is 5.16. The zero-order chi connectivity index (χ0) is 9.56. The zero-order valence-electron chi connectivity index (χ0n) is 8.68. The second-order valence-electron chi connectivity index (χ2n) is 3.77. The van der Waals surface area contributed by atoms with Gasteiger partial charge in [-0.3, -0.25) is 4.79 Å². The predicted octanol–water partition coefficient (Wildman–Crippen LogP) is 2.19. The Morgan fingerprint density at radius 3 is 2.25 bits per heavy atom. The molecule has 2 nitrogen and oxygen atoms in total. The van der Waals surface area contributed by atoms with Gasteiger partial charge in [-0.2, -0.15) is 0 Å². The Morgan fingerprint density at radius 2 is 1.83 bits per heavy atom. The molecule has 0 radical (unpaired) electrons. The maximum atomic E-state index is 11.2. The molecule has 0 fully saturated rings. The van der Waals surface area contributed by atoms with Crippen molar-refractivity contribution in [1.29, 1.82) is 0 Å². The molecule has 0 aliphatic rings. The van der Waals surface area contributed by atoms with Gasteiger partial charge in [-0.05, 0) is 19.3 Å². The molecule has 1 atom stereocenters. The molecule has 0 bridgehead atoms. The number of hydrogen-bond donors (Lipinski definition) is 1. The van der Waals surface area contributed by atoms with Crippen molar-refractivity contribution in [1.82, 2.24) is 5.32 Å². The van der Waals surface area contributed by atoms with Crippen molar-refractivity contribution in [2.75, 3.05) is 6.54 Å². The molecular formula is C10H21NO. The molecule has 1 N–H and O–H groups in total. The second kappa shape index (κ2) is 6.04. The van der Waals surface area contributed by atoms with Gasteiger partial charge in [-0.25, -0.2) is 0 Å². The van der Waals surface area contributed by atoms with E-state index in [1.54, 1.807) is 0 Å². The minimum Gasteiger partial charge on any atom is -0.356 e. The van der Waals surface area contributed by atoms with Crippen LogP contribution in [-0.4, -0.2) is 12.5 Å². The molecule has 0 aromatic rings. The maximum Gasteiger partial charge on any atom is 0.222 e. The molecule has 0 rings (SSSR count). The number of rotatable bonds is 5. The highest BCUT2D eigenvalue weighted by Gasteiger charge is 2.11. The molecule has 72 valence electrons. The molecule has 12 heavy (non-hydrogen) atoms. The Kier molecular flexibility index (Phi) is 5.77. The van der Waals surface area contributed by atoms with Gasteiger partial charge in [-0.1, -0.05) is 27.2 Å². The van der Waals surface area contributed by atoms with E-state index in [2.05, 4.69) is 19.2 Å². The second-order valence-corrected chi connectivity index (χ2v) is 3.77. The van der Waals surface area contributed by atoms with Crippen LogP contribution in [0.5, 0.6) is 0 Å². The Labute approximate surface area is 75.7 Å². The highest BCUT2D eigenvalue weighted by atomic mass is 16.1. The van der Waals surface area contributed by atoms with E-state index in [1.165, 1.54) is 0 Å². The van der Waals surface area contributed by atoms with Crippen LogP contribution in [0.4, 0.5) is 0 Å². The van der Waals surface area contributed by atoms with Crippen LogP contribution in [0.2, 0.25) is 0 Å². The summed E-state index contributed by atoms with van der Waals surface area (Å²) in [6, 6.07) is 0. The molecule has 0 saturated carbocycles. The van der Waals surface area contributed by atoms with Gasteiger partial charge >= 0.3 is 0 Å². The number of carbonyl (C=O) groups is 1. The molecule has 0 aliphatic carbocycles. The standard InChI is InChI=1S/C10H21NO/c1-5-11-10(12)9(4)7-6-8(2)3/h8-9H,5-7H2,1-4H3,(H,11,12). The van der Waals surface area contributed by atoms with Crippen molar-refractivity contribution in [2.24, 2.45) is 11.8 Å². The summed E-state index contributed by atoms with van der Waals surface area (Å²) in [5.74, 6) is 1.06. The monoisotopic (exact) mass is 171 g/mol. The molecule has 1 unspecified atom stereocenters. The molecular weight excluding hydrogens is 150 g/mol. The van der Waals surface area contributed by atoms with E-state index >= 15 is 0 Å². The van der Waals surface area contributed by atoms with Gasteiger partial charge in [0.15, 0.2) is 0 Å². The van der Waals surface area contributed by atoms with Crippen molar-refractivity contribution < 1.29 is 4.79 Å². The maximum absolute atomic E-state index is 11.2. The first-order chi connectivity index (χ1) is 5.57. The zero-order valence-corrected chi connectivity index (χ0v) is 8.68. The lowest BCUT2D eigenvalue weighted by molar-refractivity contribution is -0.124. The molecule has 0 spiro atoms. The average molecular weight is 171 g/mol. The van der Waals surface area contributed by atoms with Gasteiger partial charge in [0, 0.05) is 12.5 Å². The molecule has 0 saturated heterocycles. The van der Waals surface area contributed by atoms with Crippen LogP contribution >= 0.6 is 0 Å². The molecule has 0 aromatic heterocycles. The van der Waals surface area contributed by atoms with Crippen molar-refractivity contribution >= 4 is 5.91 Å². The lowest BCUT2D eigenvalue weighted by atomic mass is 9.99. The SMILES string of the molecule is CCNC(=O)C(C)CCC(C)C. The van der Waals surface area contributed by atoms with Crippen molar-refractivity contribution in [3.05, 3.63) is 0 Å². The summed E-state index contributed by atoms with van der Waals surface area (Å²) in [6.45, 7) is 9.06. The van der Waals surface area contributed by atoms with Gasteiger partial charge in [0.1, 0.15) is 0 Å². The van der Waals surface area contributed by atoms with Crippen LogP contribution in [0.25, 0.3) is 0 Å². The number of hydrogen-bond acceptors (Lipinski definition) is 1. The lowest BCUT2D eigenvalue weighted by Crippen LogP contribution is -2.28. The number of nitrogens with one attached hydrogen (secondary N) is 1. The van der Waals surface area contributed by atoms with Crippen LogP contribution in [0.1, 0.15) is 40.5 Å². The minimum atomic E-state index is 0.173. The van der Waals surface area contributed by atoms with Crippen LogP contribution < -0.4 is 5.32 Å². The topological polar surface area (TPSA) is 29.1 Å². The molecule has 1 amide bonds. The molecule has 0 heterocycles. The number of amides is 1. The third-order valence-electron chi connectivity index (χ3n) is 1.98. The summed E-state index contributed by atoms with van der Waals surface area (Å²) in [6.07, 6.45) is 2.14. The van der Waals surface area contributed by atoms with Gasteiger partial charge in [0.05, 0.1) is 0 Å². The summed E-state index contributed by atoms with van der Waals surface area (Å²) in [5.41, 5.74) is 0. The summed E-state index contributed by atoms with van der Waals surface area (Å²) in [5, 5.41) is 2.83. The van der Waals surface area contributed by atoms with Crippen LogP contribution in [-0.2, 0) is 4.79 Å². The van der Waals surface area contributed by atoms with Crippen LogP contribution in [0, 0.1) is 11.8 Å². The molecule has 0 aromatic carbocycles. The summed E-state index contributed by atoms with van der Waals surface area (Å²) in [4.78, 5) is 11.2. The van der Waals surface area contributed by atoms with E-state index in [1.807, 2.05) is 13.8 Å². The summed E-state index contributed by atoms with van der Waals surface area (Å²) < 4.78 is 0. The normalized spacial score (nSPS) is 13.1. The van der Waals surface area contributed by atoms with Crippen molar-refractivity contribution in [3.8, 4) is 0 Å². The largest absolute Gasteiger partial charge is 0.356 e. The van der Waals surface area contributed by atoms with Gasteiger partial charge in [0.2, 0.25) is 5.91 Å². The quantitative estimate of drug-likeness (QED) is 0.675. The Hall–Kier alpha value is -0.530. The van der Waals surface area contributed by atoms with Gasteiger partial charge in [0.25, 0.3) is 0 Å². The molecule has 0 aliphatic heterocycles. The molecule has 2 heteroatoms. The Balaban J connectivity index is 3.56. The van der Waals surface area contributed by atoms with Crippen molar-refractivity contribution in [3.63, 3.8) is 0 Å². The van der Waals surface area contributed by atoms with Gasteiger partial charge in [-0.15, -0.1) is 0 Å². The fourth-order valence-electron chi connectivity index (χ4n) is 1.06. The first-order valence-corrected chi connectivity index (χ1v) is 4.85. The van der Waals surface area contributed by atoms with E-state index in [0.717, 1.165) is 19.4 Å². The van der Waals surface area contributed by atoms with Crippen LogP contribution in [0.3, 0.4) is 0 Å². The lowest BCUT2D eigenvalue weighted by Gasteiger charge is -2.11. The fourth-order valence-corrected chi connectivity index (χ4v) is 1.06. The Bertz CT molecular complexity index is 132. The van der Waals surface area contributed by atoms with Gasteiger partial charge < -0.3 is 5.32 Å². The van der Waals surface area contributed by atoms with E-state index in [0.29, 0.717) is 5.92 Å². The average Bonchev–Trinajstić information content (AvgIpc) is 2.00. The van der Waals surface area contributed by atoms with Crippen LogP contribution in [0.15, 0.2) is 0 Å². The number of carbonyl (C=O) groups excluding carboxylic acids is 1. The first-order valence-electron chi connectivity index (χ1n) is 4.85. The van der Waals surface area contributed by atoms with E-state index in [4.69, 9.17) is 0 Å². The van der Waals surface area contributed by atoms with E-state index in [-0.39, 0.29) is 11.8 Å². The summed E-state index contributed by atoms with van der Waals surface area (Å²) in [7, 11) is 0.